The summed E-state index contributed by atoms with van der Waals surface area (Å²) in [5.74, 6) is -0.218. The molecule has 0 aliphatic rings. The van der Waals surface area contributed by atoms with Crippen molar-refractivity contribution in [2.75, 3.05) is 0 Å². The SMILES string of the molecule is O=[N+]([O-])c1ncc[nH]1.[H-].[K+]. The fraction of sp³-hybridized carbons (Fsp3) is 0. The molecule has 0 aliphatic heterocycles. The normalized spacial score (nSPS) is 8.00. The Hall–Kier alpha value is 0.246. The Balaban J connectivity index is 0. The topological polar surface area (TPSA) is 71.8 Å². The van der Waals surface area contributed by atoms with Gasteiger partial charge in [-0.3, -0.25) is 0 Å². The first-order chi connectivity index (χ1) is 3.80. The van der Waals surface area contributed by atoms with E-state index >= 15 is 0 Å². The molecule has 1 aromatic rings. The number of hydrogen-bond acceptors (Lipinski definition) is 3. The van der Waals surface area contributed by atoms with Crippen molar-refractivity contribution in [1.82, 2.24) is 9.97 Å². The van der Waals surface area contributed by atoms with Gasteiger partial charge in [0.1, 0.15) is 6.20 Å². The minimum atomic E-state index is -0.583. The third-order valence-electron chi connectivity index (χ3n) is 0.657. The summed E-state index contributed by atoms with van der Waals surface area (Å²) >= 11 is 0. The van der Waals surface area contributed by atoms with E-state index in [9.17, 15) is 10.1 Å². The summed E-state index contributed by atoms with van der Waals surface area (Å²) in [6, 6.07) is 0. The molecule has 6 heteroatoms. The molecular formula is C3H4KN3O2. The molecule has 1 rings (SSSR count). The number of nitrogens with zero attached hydrogens (tertiary/aromatic N) is 2. The number of hydrogen-bond donors (Lipinski definition) is 1. The molecule has 0 unspecified atom stereocenters. The minimum absolute atomic E-state index is 0. The largest absolute Gasteiger partial charge is 1.00 e. The van der Waals surface area contributed by atoms with Crippen molar-refractivity contribution in [3.8, 4) is 0 Å². The van der Waals surface area contributed by atoms with Crippen LogP contribution in [-0.4, -0.2) is 14.9 Å². The number of imidazole rings is 1. The number of H-pyrrole nitrogens is 1. The maximum absolute atomic E-state index is 9.77. The third-order valence-corrected chi connectivity index (χ3v) is 0.657. The predicted octanol–water partition coefficient (Wildman–Crippen LogP) is -2.57. The Morgan fingerprint density at radius 1 is 1.89 bits per heavy atom. The van der Waals surface area contributed by atoms with Crippen LogP contribution in [0.1, 0.15) is 1.43 Å². The van der Waals surface area contributed by atoms with Gasteiger partial charge in [-0.25, -0.2) is 4.98 Å². The molecule has 0 fully saturated rings. The van der Waals surface area contributed by atoms with Crippen LogP contribution in [0.25, 0.3) is 0 Å². The molecule has 0 aliphatic carbocycles. The van der Waals surface area contributed by atoms with Gasteiger partial charge in [-0.2, -0.15) is 0 Å². The molecule has 0 saturated heterocycles. The number of rotatable bonds is 1. The molecule has 9 heavy (non-hydrogen) atoms. The number of aromatic nitrogens is 2. The van der Waals surface area contributed by atoms with Crippen LogP contribution in [-0.2, 0) is 0 Å². The zero-order valence-corrected chi connectivity index (χ0v) is 7.99. The molecule has 1 heterocycles. The first-order valence-electron chi connectivity index (χ1n) is 1.94. The number of nitro groups is 1. The molecule has 0 atom stereocenters. The monoisotopic (exact) mass is 153 g/mol. The van der Waals surface area contributed by atoms with Crippen molar-refractivity contribution in [3.05, 3.63) is 22.5 Å². The molecular weight excluding hydrogens is 149 g/mol. The molecule has 1 aromatic heterocycles. The summed E-state index contributed by atoms with van der Waals surface area (Å²) in [4.78, 5) is 14.9. The van der Waals surface area contributed by atoms with Crippen molar-refractivity contribution >= 4 is 5.95 Å². The molecule has 0 saturated carbocycles. The van der Waals surface area contributed by atoms with Crippen LogP contribution >= 0.6 is 0 Å². The molecule has 0 amide bonds. The molecule has 0 spiro atoms. The van der Waals surface area contributed by atoms with Crippen LogP contribution in [0.3, 0.4) is 0 Å². The van der Waals surface area contributed by atoms with E-state index in [1.807, 2.05) is 0 Å². The quantitative estimate of drug-likeness (QED) is 0.274. The van der Waals surface area contributed by atoms with Crippen LogP contribution in [0.15, 0.2) is 12.4 Å². The van der Waals surface area contributed by atoms with Crippen molar-refractivity contribution < 1.29 is 57.7 Å². The summed E-state index contributed by atoms with van der Waals surface area (Å²) < 4.78 is 0. The van der Waals surface area contributed by atoms with Crippen LogP contribution < -0.4 is 51.4 Å². The van der Waals surface area contributed by atoms with Crippen LogP contribution in [0.4, 0.5) is 5.95 Å². The van der Waals surface area contributed by atoms with Gasteiger partial charge in [-0.15, -0.1) is 0 Å². The Labute approximate surface area is 94.9 Å². The van der Waals surface area contributed by atoms with E-state index in [-0.39, 0.29) is 58.8 Å². The summed E-state index contributed by atoms with van der Waals surface area (Å²) in [6.07, 6.45) is 2.73. The second-order valence-corrected chi connectivity index (χ2v) is 1.17. The average Bonchev–Trinajstić information content (AvgIpc) is 2.12. The number of nitrogens with one attached hydrogen (secondary N) is 1. The van der Waals surface area contributed by atoms with E-state index in [2.05, 4.69) is 9.97 Å². The second-order valence-electron chi connectivity index (χ2n) is 1.17. The van der Waals surface area contributed by atoms with Gasteiger partial charge in [0.15, 0.2) is 0 Å². The molecule has 0 aromatic carbocycles. The Morgan fingerprint density at radius 3 is 2.78 bits per heavy atom. The van der Waals surface area contributed by atoms with Crippen LogP contribution in [0, 0.1) is 10.1 Å². The second kappa shape index (κ2) is 4.12. The minimum Gasteiger partial charge on any atom is -1.00 e. The van der Waals surface area contributed by atoms with Gasteiger partial charge in [-0.05, 0) is 4.92 Å². The maximum Gasteiger partial charge on any atom is 1.00 e. The molecule has 44 valence electrons. The van der Waals surface area contributed by atoms with Gasteiger partial charge in [0, 0.05) is 0 Å². The molecule has 5 nitrogen and oxygen atoms in total. The maximum atomic E-state index is 9.77. The van der Waals surface area contributed by atoms with E-state index in [4.69, 9.17) is 0 Å². The molecule has 0 radical (unpaired) electrons. The van der Waals surface area contributed by atoms with E-state index in [1.165, 1.54) is 12.4 Å². The summed E-state index contributed by atoms with van der Waals surface area (Å²) in [5, 5.41) is 9.77. The first kappa shape index (κ1) is 9.25. The van der Waals surface area contributed by atoms with Crippen LogP contribution in [0.5, 0.6) is 0 Å². The van der Waals surface area contributed by atoms with E-state index in [0.29, 0.717) is 0 Å². The number of aromatic amines is 1. The predicted molar refractivity (Wildman–Crippen MR) is 26.4 cm³/mol. The van der Waals surface area contributed by atoms with Crippen molar-refractivity contribution in [2.45, 2.75) is 0 Å². The van der Waals surface area contributed by atoms with E-state index in [1.54, 1.807) is 0 Å². The van der Waals surface area contributed by atoms with Gasteiger partial charge >= 0.3 is 57.3 Å². The summed E-state index contributed by atoms with van der Waals surface area (Å²) in [5.41, 5.74) is 0. The Kier molecular flexibility index (Phi) is 4.24. The van der Waals surface area contributed by atoms with E-state index < -0.39 is 4.92 Å². The van der Waals surface area contributed by atoms with Gasteiger partial charge < -0.3 is 11.5 Å². The first-order valence-corrected chi connectivity index (χ1v) is 1.94. The van der Waals surface area contributed by atoms with Crippen LogP contribution in [0.2, 0.25) is 0 Å². The van der Waals surface area contributed by atoms with Gasteiger partial charge in [-0.1, -0.05) is 4.98 Å². The Bertz CT molecular complexity index is 190. The van der Waals surface area contributed by atoms with Gasteiger partial charge in [0.2, 0.25) is 0 Å². The van der Waals surface area contributed by atoms with Crippen molar-refractivity contribution in [1.29, 1.82) is 0 Å². The fourth-order valence-corrected chi connectivity index (χ4v) is 0.357. The standard InChI is InChI=1S/C3H3N3O2.K.H/c7-6(8)3-4-1-2-5-3;;/h1-2H,(H,4,5);;/q;+1;-1. The summed E-state index contributed by atoms with van der Waals surface area (Å²) in [6.45, 7) is 0. The van der Waals surface area contributed by atoms with Crippen molar-refractivity contribution in [2.24, 2.45) is 0 Å². The van der Waals surface area contributed by atoms with Gasteiger partial charge in [0.05, 0.1) is 6.20 Å². The third kappa shape index (κ3) is 2.54. The zero-order chi connectivity index (χ0) is 5.98. The summed E-state index contributed by atoms with van der Waals surface area (Å²) in [7, 11) is 0. The zero-order valence-electron chi connectivity index (χ0n) is 5.87. The average molecular weight is 153 g/mol. The molecule has 1 N–H and O–H groups in total. The Morgan fingerprint density at radius 2 is 2.56 bits per heavy atom. The van der Waals surface area contributed by atoms with Crippen molar-refractivity contribution in [3.63, 3.8) is 0 Å². The fourth-order valence-electron chi connectivity index (χ4n) is 0.357. The van der Waals surface area contributed by atoms with E-state index in [0.717, 1.165) is 0 Å². The van der Waals surface area contributed by atoms with Gasteiger partial charge in [0.25, 0.3) is 0 Å². The smallest absolute Gasteiger partial charge is 1.00 e. The molecule has 0 bridgehead atoms.